The first-order chi connectivity index (χ1) is 12.5. The number of carbonyl (C=O) groups is 2. The van der Waals surface area contributed by atoms with Crippen molar-refractivity contribution < 1.29 is 14.8 Å². The third-order valence-electron chi connectivity index (χ3n) is 6.92. The van der Waals surface area contributed by atoms with Crippen LogP contribution in [-0.2, 0) is 17.9 Å². The van der Waals surface area contributed by atoms with Gasteiger partial charge in [-0.1, -0.05) is 26.2 Å². The van der Waals surface area contributed by atoms with E-state index < -0.39 is 5.91 Å². The molecule has 2 fully saturated rings. The van der Waals surface area contributed by atoms with Gasteiger partial charge in [-0.15, -0.1) is 0 Å². The summed E-state index contributed by atoms with van der Waals surface area (Å²) in [7, 11) is 0. The fraction of sp³-hybridized carbons (Fsp3) is 0.700. The summed E-state index contributed by atoms with van der Waals surface area (Å²) in [5, 5.41) is 8.83. The molecule has 3 unspecified atom stereocenters. The van der Waals surface area contributed by atoms with Crippen LogP contribution in [0.1, 0.15) is 67.9 Å². The van der Waals surface area contributed by atoms with Crippen molar-refractivity contribution in [3.05, 3.63) is 23.5 Å². The van der Waals surface area contributed by atoms with Crippen molar-refractivity contribution in [2.24, 2.45) is 17.3 Å². The molecule has 3 aliphatic rings. The minimum Gasteiger partial charge on any atom is -0.347 e. The minimum absolute atomic E-state index is 0.151. The molecule has 2 bridgehead atoms. The van der Waals surface area contributed by atoms with Crippen molar-refractivity contribution in [3.63, 3.8) is 0 Å². The molecule has 2 heterocycles. The average Bonchev–Trinajstić information content (AvgIpc) is 3.09. The van der Waals surface area contributed by atoms with Crippen molar-refractivity contribution in [1.29, 1.82) is 0 Å². The lowest BCUT2D eigenvalue weighted by Gasteiger charge is -2.49. The molecular weight excluding hydrogens is 330 g/mol. The van der Waals surface area contributed by atoms with Gasteiger partial charge in [-0.2, -0.15) is 0 Å². The third kappa shape index (κ3) is 2.94. The Labute approximate surface area is 154 Å². The first kappa shape index (κ1) is 17.6. The molecule has 2 aliphatic carbocycles. The zero-order chi connectivity index (χ0) is 18.3. The maximum Gasteiger partial charge on any atom is 0.276 e. The number of nitrogens with zero attached hydrogens (tertiary/aromatic N) is 2. The molecule has 2 N–H and O–H groups in total. The molecule has 0 spiro atoms. The van der Waals surface area contributed by atoms with Crippen LogP contribution in [0.25, 0.3) is 0 Å². The minimum atomic E-state index is -0.503. The highest BCUT2D eigenvalue weighted by Gasteiger charge is 2.49. The Hall–Kier alpha value is -1.82. The number of carbonyl (C=O) groups excluding carboxylic acids is 2. The number of rotatable bonds is 3. The molecule has 0 aromatic carbocycles. The quantitative estimate of drug-likeness (QED) is 0.644. The Balaban J connectivity index is 1.53. The molecule has 1 aromatic heterocycles. The second kappa shape index (κ2) is 6.72. The molecule has 0 saturated heterocycles. The van der Waals surface area contributed by atoms with Crippen LogP contribution < -0.4 is 5.48 Å². The Bertz CT molecular complexity index is 713. The van der Waals surface area contributed by atoms with Gasteiger partial charge < -0.3 is 9.47 Å². The summed E-state index contributed by atoms with van der Waals surface area (Å²) in [6.07, 6.45) is 9.85. The highest BCUT2D eigenvalue weighted by atomic mass is 16.5. The van der Waals surface area contributed by atoms with Crippen LogP contribution in [0.4, 0.5) is 0 Å². The summed E-state index contributed by atoms with van der Waals surface area (Å²) in [6, 6.07) is 1.78. The molecule has 6 nitrogen and oxygen atoms in total. The second-order valence-corrected chi connectivity index (χ2v) is 8.54. The van der Waals surface area contributed by atoms with Crippen molar-refractivity contribution in [2.45, 2.75) is 65.0 Å². The highest BCUT2D eigenvalue weighted by molar-refractivity contribution is 5.93. The fourth-order valence-corrected chi connectivity index (χ4v) is 5.67. The molecule has 2 amide bonds. The van der Waals surface area contributed by atoms with E-state index >= 15 is 0 Å². The molecule has 6 heteroatoms. The Morgan fingerprint density at radius 3 is 2.96 bits per heavy atom. The van der Waals surface area contributed by atoms with Crippen LogP contribution in [0, 0.1) is 17.3 Å². The van der Waals surface area contributed by atoms with Gasteiger partial charge in [0.05, 0.1) is 12.1 Å². The van der Waals surface area contributed by atoms with Crippen molar-refractivity contribution >= 4 is 11.8 Å². The Kier molecular flexibility index (Phi) is 4.55. The second-order valence-electron chi connectivity index (χ2n) is 8.54. The lowest BCUT2D eigenvalue weighted by molar-refractivity contribution is -0.151. The number of hydrogen-bond donors (Lipinski definition) is 2. The highest BCUT2D eigenvalue weighted by Crippen LogP contribution is 2.52. The largest absolute Gasteiger partial charge is 0.347 e. The van der Waals surface area contributed by atoms with E-state index in [0.29, 0.717) is 37.0 Å². The molecule has 1 aromatic rings. The lowest BCUT2D eigenvalue weighted by Crippen LogP contribution is -2.51. The monoisotopic (exact) mass is 359 g/mol. The molecule has 142 valence electrons. The van der Waals surface area contributed by atoms with Gasteiger partial charge in [0.25, 0.3) is 5.91 Å². The molecular formula is C20H29N3O3. The summed E-state index contributed by atoms with van der Waals surface area (Å²) in [6.45, 7) is 4.21. The van der Waals surface area contributed by atoms with E-state index in [4.69, 9.17) is 5.21 Å². The van der Waals surface area contributed by atoms with Crippen molar-refractivity contribution in [2.75, 3.05) is 6.54 Å². The Morgan fingerprint density at radius 1 is 1.35 bits per heavy atom. The number of hydrogen-bond acceptors (Lipinski definition) is 3. The van der Waals surface area contributed by atoms with E-state index in [1.54, 1.807) is 17.7 Å². The van der Waals surface area contributed by atoms with Gasteiger partial charge in [0.1, 0.15) is 0 Å². The third-order valence-corrected chi connectivity index (χ3v) is 6.92. The fourth-order valence-electron chi connectivity index (χ4n) is 5.67. The number of hydroxylamine groups is 1. The van der Waals surface area contributed by atoms with Gasteiger partial charge in [0.15, 0.2) is 0 Å². The zero-order valence-electron chi connectivity index (χ0n) is 15.5. The van der Waals surface area contributed by atoms with Gasteiger partial charge in [0.2, 0.25) is 5.91 Å². The summed E-state index contributed by atoms with van der Waals surface area (Å²) in [5.41, 5.74) is 2.94. The Morgan fingerprint density at radius 2 is 2.19 bits per heavy atom. The zero-order valence-corrected chi connectivity index (χ0v) is 15.5. The van der Waals surface area contributed by atoms with Crippen LogP contribution in [-0.4, -0.2) is 33.0 Å². The normalized spacial score (nSPS) is 30.6. The van der Waals surface area contributed by atoms with Crippen LogP contribution in [0.2, 0.25) is 0 Å². The van der Waals surface area contributed by atoms with Crippen molar-refractivity contribution in [3.8, 4) is 0 Å². The van der Waals surface area contributed by atoms with E-state index in [1.807, 2.05) is 9.47 Å². The number of fused-ring (bicyclic) bond motifs is 3. The molecule has 2 saturated carbocycles. The molecule has 3 atom stereocenters. The number of amides is 2. The standard InChI is InChI=1S/C20H29N3O3/c1-2-14-8-15-4-3-5-20(10-14,11-15)19(25)23-7-6-22-12-16(18(24)21-26)9-17(22)13-23/h9,12,14-15,26H,2-8,10-11,13H2,1H3,(H,21,24). The van der Waals surface area contributed by atoms with E-state index in [-0.39, 0.29) is 5.41 Å². The SMILES string of the molecule is CCC1CC2CCCC(C(=O)N3CCn4cc(C(=O)NO)cc4C3)(C1)C2. The van der Waals surface area contributed by atoms with Gasteiger partial charge >= 0.3 is 0 Å². The summed E-state index contributed by atoms with van der Waals surface area (Å²) >= 11 is 0. The van der Waals surface area contributed by atoms with Crippen LogP contribution in [0.5, 0.6) is 0 Å². The van der Waals surface area contributed by atoms with E-state index in [1.165, 1.54) is 25.7 Å². The van der Waals surface area contributed by atoms with E-state index in [9.17, 15) is 9.59 Å². The van der Waals surface area contributed by atoms with Gasteiger partial charge in [-0.25, -0.2) is 5.48 Å². The van der Waals surface area contributed by atoms with Gasteiger partial charge in [-0.05, 0) is 43.6 Å². The average molecular weight is 359 g/mol. The lowest BCUT2D eigenvalue weighted by atomic mass is 9.58. The van der Waals surface area contributed by atoms with Crippen LogP contribution >= 0.6 is 0 Å². The van der Waals surface area contributed by atoms with Crippen LogP contribution in [0.3, 0.4) is 0 Å². The molecule has 1 aliphatic heterocycles. The topological polar surface area (TPSA) is 74.6 Å². The first-order valence-corrected chi connectivity index (χ1v) is 9.97. The van der Waals surface area contributed by atoms with E-state index in [2.05, 4.69) is 6.92 Å². The summed E-state index contributed by atoms with van der Waals surface area (Å²) in [4.78, 5) is 27.2. The molecule has 0 radical (unpaired) electrons. The summed E-state index contributed by atoms with van der Waals surface area (Å²) < 4.78 is 2.02. The smallest absolute Gasteiger partial charge is 0.276 e. The van der Waals surface area contributed by atoms with E-state index in [0.717, 1.165) is 30.9 Å². The number of aromatic nitrogens is 1. The number of nitrogens with one attached hydrogen (secondary N) is 1. The predicted molar refractivity (Wildman–Crippen MR) is 96.5 cm³/mol. The maximum atomic E-state index is 13.6. The summed E-state index contributed by atoms with van der Waals surface area (Å²) in [5.74, 6) is 1.24. The molecule has 26 heavy (non-hydrogen) atoms. The maximum absolute atomic E-state index is 13.6. The molecule has 4 rings (SSSR count). The predicted octanol–water partition coefficient (Wildman–Crippen LogP) is 2.95. The van der Waals surface area contributed by atoms with Gasteiger partial charge in [-0.3, -0.25) is 14.8 Å². The first-order valence-electron chi connectivity index (χ1n) is 9.97. The van der Waals surface area contributed by atoms with Gasteiger partial charge in [0, 0.05) is 30.4 Å². The van der Waals surface area contributed by atoms with Crippen LogP contribution in [0.15, 0.2) is 12.3 Å². The van der Waals surface area contributed by atoms with Crippen molar-refractivity contribution in [1.82, 2.24) is 14.9 Å².